The summed E-state index contributed by atoms with van der Waals surface area (Å²) in [5.74, 6) is 0.547. The molecule has 10 heteroatoms. The van der Waals surface area contributed by atoms with Gasteiger partial charge in [-0.05, 0) is 30.3 Å². The topological polar surface area (TPSA) is 57.4 Å². The lowest BCUT2D eigenvalue weighted by Crippen LogP contribution is -3.27. The highest BCUT2D eigenvalue weighted by Crippen LogP contribution is 2.17. The van der Waals surface area contributed by atoms with E-state index in [0.29, 0.717) is 17.9 Å². The molecule has 7 nitrogen and oxygen atoms in total. The predicted molar refractivity (Wildman–Crippen MR) is 130 cm³/mol. The largest absolute Gasteiger partial charge is 1.00 e. The van der Waals surface area contributed by atoms with Gasteiger partial charge in [-0.1, -0.05) is 23.7 Å². The molecule has 0 bridgehead atoms. The summed E-state index contributed by atoms with van der Waals surface area (Å²) in [5, 5.41) is 0.793. The Bertz CT molecular complexity index is 1310. The zero-order valence-electron chi connectivity index (χ0n) is 19.6. The van der Waals surface area contributed by atoms with Crippen LogP contribution in [0.15, 0.2) is 59.5 Å². The third-order valence-electron chi connectivity index (χ3n) is 6.71. The summed E-state index contributed by atoms with van der Waals surface area (Å²) < 4.78 is 9.03. The number of fused-ring (bicyclic) bond motifs is 3. The van der Waals surface area contributed by atoms with E-state index < -0.39 is 0 Å². The molecule has 5 rings (SSSR count). The Labute approximate surface area is 222 Å². The summed E-state index contributed by atoms with van der Waals surface area (Å²) in [7, 11) is 1.61. The van der Waals surface area contributed by atoms with Gasteiger partial charge in [0.2, 0.25) is 5.88 Å². The van der Waals surface area contributed by atoms with Gasteiger partial charge in [0.05, 0.1) is 19.2 Å². The number of piperazine rings is 1. The molecule has 0 unspecified atom stereocenters. The number of hydrogen-bond donors (Lipinski definition) is 2. The molecule has 188 valence electrons. The summed E-state index contributed by atoms with van der Waals surface area (Å²) in [6.07, 6.45) is 2.84. The van der Waals surface area contributed by atoms with Crippen molar-refractivity contribution in [2.75, 3.05) is 39.8 Å². The van der Waals surface area contributed by atoms with Gasteiger partial charge in [-0.25, -0.2) is 0 Å². The van der Waals surface area contributed by atoms with Gasteiger partial charge in [0, 0.05) is 35.8 Å². The lowest BCUT2D eigenvalue weighted by Gasteiger charge is -2.29. The van der Waals surface area contributed by atoms with E-state index in [-0.39, 0.29) is 30.4 Å². The number of aromatic nitrogens is 3. The Hall–Kier alpha value is -2.29. The summed E-state index contributed by atoms with van der Waals surface area (Å²) in [6, 6.07) is 15.7. The number of methoxy groups -OCH3 is 1. The molecule has 2 N–H and O–H groups in total. The maximum atomic E-state index is 13.1. The Morgan fingerprint density at radius 2 is 1.69 bits per heavy atom. The van der Waals surface area contributed by atoms with Crippen molar-refractivity contribution in [3.8, 4) is 5.88 Å². The summed E-state index contributed by atoms with van der Waals surface area (Å²) in [4.78, 5) is 21.0. The second kappa shape index (κ2) is 12.1. The van der Waals surface area contributed by atoms with Crippen molar-refractivity contribution in [1.82, 2.24) is 14.0 Å². The molecule has 1 saturated heterocycles. The number of nitrogens with zero attached hydrogens (tertiary/aromatic N) is 3. The number of rotatable bonds is 7. The minimum absolute atomic E-state index is 0. The lowest BCUT2D eigenvalue weighted by atomic mass is 10.2. The second-order valence-electron chi connectivity index (χ2n) is 8.82. The molecule has 4 heterocycles. The van der Waals surface area contributed by atoms with Crippen molar-refractivity contribution < 1.29 is 39.4 Å². The molecule has 0 radical (unpaired) electrons. The third kappa shape index (κ3) is 5.93. The predicted octanol–water partition coefficient (Wildman–Crippen LogP) is -5.31. The maximum Gasteiger partial charge on any atom is 0.275 e. The minimum atomic E-state index is 0. The van der Waals surface area contributed by atoms with Crippen LogP contribution in [0.3, 0.4) is 0 Å². The molecule has 1 aliphatic rings. The first-order valence-electron chi connectivity index (χ1n) is 11.6. The number of quaternary nitrogens is 2. The Kier molecular flexibility index (Phi) is 9.44. The van der Waals surface area contributed by atoms with Crippen molar-refractivity contribution in [2.24, 2.45) is 0 Å². The molecule has 0 saturated carbocycles. The molecular formula is C25H30Cl3N5O2. The van der Waals surface area contributed by atoms with E-state index in [2.05, 4.69) is 17.1 Å². The van der Waals surface area contributed by atoms with E-state index in [4.69, 9.17) is 16.3 Å². The lowest BCUT2D eigenvalue weighted by molar-refractivity contribution is -1.02. The molecule has 0 spiro atoms. The average molecular weight is 539 g/mol. The standard InChI is InChI=1S/C25H28ClN5O2.2ClH/c1-33-23-10-9-21-24(27-23)30-12-2-4-22(30)25(32)31(21)13-3-11-28-14-16-29(17-15-28)18-19-5-7-20(26)8-6-19;;/h2,4-10,12H,3,11,13-18H2,1H3;2*1H. The number of halogens is 3. The fraction of sp³-hybridized carbons (Fsp3) is 0.360. The first-order valence-corrected chi connectivity index (χ1v) is 12.0. The van der Waals surface area contributed by atoms with Gasteiger partial charge < -0.3 is 43.9 Å². The normalized spacial score (nSPS) is 17.7. The highest BCUT2D eigenvalue weighted by atomic mass is 35.5. The molecule has 0 aliphatic carbocycles. The fourth-order valence-electron chi connectivity index (χ4n) is 4.90. The first kappa shape index (κ1) is 27.3. The van der Waals surface area contributed by atoms with Crippen LogP contribution in [0.4, 0.5) is 0 Å². The van der Waals surface area contributed by atoms with Gasteiger partial charge >= 0.3 is 0 Å². The van der Waals surface area contributed by atoms with Crippen LogP contribution in [-0.2, 0) is 13.1 Å². The highest BCUT2D eigenvalue weighted by molar-refractivity contribution is 6.30. The van der Waals surface area contributed by atoms with Crippen LogP contribution in [0, 0.1) is 0 Å². The zero-order chi connectivity index (χ0) is 22.8. The summed E-state index contributed by atoms with van der Waals surface area (Å²) in [5.41, 5.74) is 3.62. The Morgan fingerprint density at radius 1 is 0.971 bits per heavy atom. The van der Waals surface area contributed by atoms with Crippen molar-refractivity contribution >= 4 is 28.3 Å². The van der Waals surface area contributed by atoms with E-state index in [9.17, 15) is 4.79 Å². The average Bonchev–Trinajstić information content (AvgIpc) is 3.34. The smallest absolute Gasteiger partial charge is 0.275 e. The van der Waals surface area contributed by atoms with Crippen LogP contribution in [0.2, 0.25) is 5.02 Å². The van der Waals surface area contributed by atoms with Gasteiger partial charge in [-0.2, -0.15) is 4.98 Å². The van der Waals surface area contributed by atoms with E-state index in [1.54, 1.807) is 16.9 Å². The monoisotopic (exact) mass is 537 g/mol. The van der Waals surface area contributed by atoms with Crippen molar-refractivity contribution in [2.45, 2.75) is 19.5 Å². The van der Waals surface area contributed by atoms with Crippen LogP contribution in [0.1, 0.15) is 12.0 Å². The number of benzene rings is 1. The second-order valence-corrected chi connectivity index (χ2v) is 9.26. The third-order valence-corrected chi connectivity index (χ3v) is 6.97. The highest BCUT2D eigenvalue weighted by Gasteiger charge is 2.23. The van der Waals surface area contributed by atoms with E-state index in [1.165, 1.54) is 18.7 Å². The van der Waals surface area contributed by atoms with E-state index in [1.807, 2.05) is 51.6 Å². The van der Waals surface area contributed by atoms with Crippen LogP contribution < -0.4 is 44.9 Å². The SMILES string of the molecule is COc1ccc2c(n1)n1cccc1c(=O)n2CCC[NH+]1CC[NH+](Cc2ccc(Cl)cc2)CC1.[Cl-].[Cl-]. The first-order chi connectivity index (χ1) is 16.1. The molecule has 1 fully saturated rings. The molecule has 4 aromatic rings. The summed E-state index contributed by atoms with van der Waals surface area (Å²) >= 11 is 6.00. The van der Waals surface area contributed by atoms with Crippen LogP contribution in [0.25, 0.3) is 16.7 Å². The van der Waals surface area contributed by atoms with E-state index in [0.717, 1.165) is 48.8 Å². The van der Waals surface area contributed by atoms with Crippen LogP contribution >= 0.6 is 11.6 Å². The zero-order valence-corrected chi connectivity index (χ0v) is 21.9. The molecule has 3 aromatic heterocycles. The fourth-order valence-corrected chi connectivity index (χ4v) is 5.02. The minimum Gasteiger partial charge on any atom is -1.00 e. The van der Waals surface area contributed by atoms with Crippen molar-refractivity contribution in [3.63, 3.8) is 0 Å². The Morgan fingerprint density at radius 3 is 2.40 bits per heavy atom. The van der Waals surface area contributed by atoms with Gasteiger partial charge in [0.1, 0.15) is 38.2 Å². The van der Waals surface area contributed by atoms with Crippen molar-refractivity contribution in [1.29, 1.82) is 0 Å². The number of nitrogens with one attached hydrogen (secondary N) is 2. The molecule has 35 heavy (non-hydrogen) atoms. The van der Waals surface area contributed by atoms with Gasteiger partial charge in [-0.15, -0.1) is 0 Å². The maximum absolute atomic E-state index is 13.1. The van der Waals surface area contributed by atoms with Gasteiger partial charge in [-0.3, -0.25) is 9.20 Å². The number of ether oxygens (including phenoxy) is 1. The van der Waals surface area contributed by atoms with E-state index >= 15 is 0 Å². The van der Waals surface area contributed by atoms with Crippen LogP contribution in [0.5, 0.6) is 5.88 Å². The molecule has 0 amide bonds. The number of aryl methyl sites for hydroxylation is 1. The van der Waals surface area contributed by atoms with Gasteiger partial charge in [0.25, 0.3) is 5.56 Å². The van der Waals surface area contributed by atoms with Crippen molar-refractivity contribution in [3.05, 3.63) is 75.7 Å². The molecular weight excluding hydrogens is 509 g/mol. The molecule has 0 atom stereocenters. The number of pyridine rings is 1. The summed E-state index contributed by atoms with van der Waals surface area (Å²) in [6.45, 7) is 7.47. The molecule has 1 aliphatic heterocycles. The van der Waals surface area contributed by atoms with Gasteiger partial charge in [0.15, 0.2) is 5.65 Å². The van der Waals surface area contributed by atoms with Crippen LogP contribution in [-0.4, -0.2) is 53.8 Å². The number of hydrogen-bond acceptors (Lipinski definition) is 3. The quantitative estimate of drug-likeness (QED) is 0.247. The Balaban J connectivity index is 0.00000171. The molecule has 1 aromatic carbocycles.